The number of nitrogens with zero attached hydrogens (tertiary/aromatic N) is 2. The van der Waals surface area contributed by atoms with E-state index >= 15 is 0 Å². The number of ether oxygens (including phenoxy) is 3. The zero-order chi connectivity index (χ0) is 24.3. The number of aromatic nitrogens is 2. The van der Waals surface area contributed by atoms with Gasteiger partial charge >= 0.3 is 6.03 Å². The summed E-state index contributed by atoms with van der Waals surface area (Å²) in [5.74, 6) is 1.58. The number of methoxy groups -OCH3 is 3. The van der Waals surface area contributed by atoms with E-state index in [0.717, 1.165) is 5.69 Å². The third kappa shape index (κ3) is 5.48. The Bertz CT molecular complexity index is 1000. The van der Waals surface area contributed by atoms with Crippen LogP contribution in [0.15, 0.2) is 18.2 Å². The molecule has 2 heterocycles. The normalized spacial score (nSPS) is 18.3. The average Bonchev–Trinajstić information content (AvgIpc) is 3.16. The molecule has 1 aliphatic rings. The van der Waals surface area contributed by atoms with Crippen molar-refractivity contribution in [3.8, 4) is 17.2 Å². The van der Waals surface area contributed by atoms with Crippen LogP contribution in [-0.2, 0) is 10.2 Å². The molecule has 1 fully saturated rings. The summed E-state index contributed by atoms with van der Waals surface area (Å²) in [6.07, 6.45) is -0.220. The highest BCUT2D eigenvalue weighted by Crippen LogP contribution is 2.40. The molecule has 1 saturated heterocycles. The summed E-state index contributed by atoms with van der Waals surface area (Å²) in [4.78, 5) is 25.0. The number of anilines is 2. The number of carbonyl (C=O) groups is 2. The summed E-state index contributed by atoms with van der Waals surface area (Å²) in [7, 11) is 4.51. The van der Waals surface area contributed by atoms with Crippen molar-refractivity contribution < 1.29 is 23.8 Å². The second-order valence-electron chi connectivity index (χ2n) is 8.84. The second kappa shape index (κ2) is 9.57. The molecule has 2 unspecified atom stereocenters. The summed E-state index contributed by atoms with van der Waals surface area (Å²) < 4.78 is 17.6. The van der Waals surface area contributed by atoms with Gasteiger partial charge in [0.15, 0.2) is 17.8 Å². The molecule has 4 N–H and O–H groups in total. The number of carbonyl (C=O) groups excluding carboxylic acids is 2. The van der Waals surface area contributed by atoms with Crippen LogP contribution in [0.25, 0.3) is 0 Å². The molecule has 2 aromatic rings. The van der Waals surface area contributed by atoms with Crippen LogP contribution in [-0.4, -0.2) is 49.1 Å². The minimum absolute atomic E-state index is 0.0352. The predicted molar refractivity (Wildman–Crippen MR) is 124 cm³/mol. The fourth-order valence-electron chi connectivity index (χ4n) is 3.47. The second-order valence-corrected chi connectivity index (χ2v) is 8.84. The van der Waals surface area contributed by atoms with Gasteiger partial charge in [-0.25, -0.2) is 9.48 Å². The van der Waals surface area contributed by atoms with Gasteiger partial charge in [0.1, 0.15) is 5.82 Å². The number of rotatable bonds is 6. The van der Waals surface area contributed by atoms with E-state index < -0.39 is 12.3 Å². The maximum absolute atomic E-state index is 12.9. The van der Waals surface area contributed by atoms with E-state index in [1.165, 1.54) is 21.3 Å². The number of urea groups is 1. The minimum atomic E-state index is -0.589. The summed E-state index contributed by atoms with van der Waals surface area (Å²) in [6.45, 7) is 7.99. The SMILES string of the molecule is COc1cc(NC(=O)Nc2cc(C(C)(C)C)nn2C2NC(=O)CC(C)N2)cc(OC)c1OC. The van der Waals surface area contributed by atoms with Crippen LogP contribution in [0.1, 0.15) is 46.1 Å². The van der Waals surface area contributed by atoms with Gasteiger partial charge in [-0.3, -0.25) is 15.4 Å². The third-order valence-electron chi connectivity index (χ3n) is 5.14. The van der Waals surface area contributed by atoms with Gasteiger partial charge in [-0.15, -0.1) is 0 Å². The summed E-state index contributed by atoms with van der Waals surface area (Å²) in [5.41, 5.74) is 0.945. The molecule has 33 heavy (non-hydrogen) atoms. The van der Waals surface area contributed by atoms with Crippen LogP contribution in [0.4, 0.5) is 16.3 Å². The Morgan fingerprint density at radius 1 is 1.09 bits per heavy atom. The van der Waals surface area contributed by atoms with E-state index in [-0.39, 0.29) is 17.4 Å². The van der Waals surface area contributed by atoms with Gasteiger partial charge in [0, 0.05) is 36.1 Å². The summed E-state index contributed by atoms with van der Waals surface area (Å²) >= 11 is 0. The molecule has 0 radical (unpaired) electrons. The van der Waals surface area contributed by atoms with Crippen molar-refractivity contribution in [2.45, 2.75) is 51.9 Å². The van der Waals surface area contributed by atoms with E-state index in [0.29, 0.717) is 35.2 Å². The van der Waals surface area contributed by atoms with E-state index in [9.17, 15) is 9.59 Å². The van der Waals surface area contributed by atoms with Gasteiger partial charge in [-0.1, -0.05) is 20.8 Å². The molecule has 180 valence electrons. The third-order valence-corrected chi connectivity index (χ3v) is 5.14. The van der Waals surface area contributed by atoms with Crippen LogP contribution in [0.3, 0.4) is 0 Å². The first-order valence-corrected chi connectivity index (χ1v) is 10.6. The van der Waals surface area contributed by atoms with E-state index in [1.807, 2.05) is 27.7 Å². The quantitative estimate of drug-likeness (QED) is 0.522. The summed E-state index contributed by atoms with van der Waals surface area (Å²) in [5, 5.41) is 16.4. The highest BCUT2D eigenvalue weighted by atomic mass is 16.5. The summed E-state index contributed by atoms with van der Waals surface area (Å²) in [6, 6.07) is 4.52. The fraction of sp³-hybridized carbons (Fsp3) is 0.500. The number of hydrogen-bond acceptors (Lipinski definition) is 7. The molecule has 1 aromatic heterocycles. The first-order chi connectivity index (χ1) is 15.5. The molecule has 1 aromatic carbocycles. The Labute approximate surface area is 193 Å². The smallest absolute Gasteiger partial charge is 0.324 e. The van der Waals surface area contributed by atoms with Gasteiger partial charge in [-0.2, -0.15) is 5.10 Å². The molecule has 0 aliphatic carbocycles. The Kier molecular flexibility index (Phi) is 7.01. The number of benzene rings is 1. The highest BCUT2D eigenvalue weighted by Gasteiger charge is 2.29. The maximum atomic E-state index is 12.9. The molecule has 2 atom stereocenters. The number of nitrogens with one attached hydrogen (secondary N) is 4. The lowest BCUT2D eigenvalue weighted by atomic mass is 9.92. The van der Waals surface area contributed by atoms with Crippen molar-refractivity contribution in [1.82, 2.24) is 20.4 Å². The van der Waals surface area contributed by atoms with E-state index in [2.05, 4.69) is 26.4 Å². The molecule has 0 spiro atoms. The van der Waals surface area contributed by atoms with Crippen LogP contribution >= 0.6 is 0 Å². The molecule has 3 rings (SSSR count). The lowest BCUT2D eigenvalue weighted by Crippen LogP contribution is -2.52. The molecule has 0 saturated carbocycles. The van der Waals surface area contributed by atoms with Crippen LogP contribution < -0.4 is 35.5 Å². The monoisotopic (exact) mass is 460 g/mol. The molecule has 11 nitrogen and oxygen atoms in total. The predicted octanol–water partition coefficient (Wildman–Crippen LogP) is 2.80. The van der Waals surface area contributed by atoms with Crippen molar-refractivity contribution in [3.05, 3.63) is 23.9 Å². The van der Waals surface area contributed by atoms with Gasteiger partial charge in [0.25, 0.3) is 0 Å². The van der Waals surface area contributed by atoms with Gasteiger partial charge in [0.2, 0.25) is 11.7 Å². The van der Waals surface area contributed by atoms with Gasteiger partial charge in [0.05, 0.1) is 32.7 Å². The Hall–Kier alpha value is -3.47. The van der Waals surface area contributed by atoms with Crippen LogP contribution in [0, 0.1) is 0 Å². The zero-order valence-corrected chi connectivity index (χ0v) is 20.0. The molecule has 11 heteroatoms. The van der Waals surface area contributed by atoms with Crippen molar-refractivity contribution in [1.29, 1.82) is 0 Å². The number of hydrogen-bond donors (Lipinski definition) is 4. The fourth-order valence-corrected chi connectivity index (χ4v) is 3.47. The molecule has 1 aliphatic heterocycles. The molecular weight excluding hydrogens is 428 g/mol. The Morgan fingerprint density at radius 3 is 2.24 bits per heavy atom. The highest BCUT2D eigenvalue weighted by molar-refractivity contribution is 5.99. The lowest BCUT2D eigenvalue weighted by Gasteiger charge is -2.30. The van der Waals surface area contributed by atoms with Crippen molar-refractivity contribution in [2.24, 2.45) is 0 Å². The Balaban J connectivity index is 1.87. The van der Waals surface area contributed by atoms with Crippen molar-refractivity contribution in [3.63, 3.8) is 0 Å². The molecular formula is C22H32N6O5. The molecule has 0 bridgehead atoms. The first kappa shape index (κ1) is 24.2. The van der Waals surface area contributed by atoms with E-state index in [1.54, 1.807) is 22.9 Å². The maximum Gasteiger partial charge on any atom is 0.324 e. The largest absolute Gasteiger partial charge is 0.493 e. The average molecular weight is 461 g/mol. The Morgan fingerprint density at radius 2 is 1.73 bits per heavy atom. The topological polar surface area (TPSA) is 128 Å². The first-order valence-electron chi connectivity index (χ1n) is 10.6. The standard InChI is InChI=1S/C22H32N6O5/c1-12-8-18(29)26-20(23-12)28-17(11-16(27-28)22(2,3)4)25-21(30)24-13-9-14(31-5)19(33-7)15(10-13)32-6/h9-12,20,23H,8H2,1-7H3,(H,26,29)(H2,24,25,30). The van der Waals surface area contributed by atoms with E-state index in [4.69, 9.17) is 14.2 Å². The van der Waals surface area contributed by atoms with Crippen LogP contribution in [0.5, 0.6) is 17.2 Å². The van der Waals surface area contributed by atoms with Crippen molar-refractivity contribution in [2.75, 3.05) is 32.0 Å². The number of amides is 3. The molecule has 3 amide bonds. The van der Waals surface area contributed by atoms with Gasteiger partial charge in [-0.05, 0) is 6.92 Å². The lowest BCUT2D eigenvalue weighted by molar-refractivity contribution is -0.125. The van der Waals surface area contributed by atoms with Crippen molar-refractivity contribution >= 4 is 23.4 Å². The zero-order valence-electron chi connectivity index (χ0n) is 20.0. The van der Waals surface area contributed by atoms with Crippen LogP contribution in [0.2, 0.25) is 0 Å². The van der Waals surface area contributed by atoms with Gasteiger partial charge < -0.3 is 24.8 Å². The minimum Gasteiger partial charge on any atom is -0.493 e.